The maximum atomic E-state index is 13.2. The van der Waals surface area contributed by atoms with Gasteiger partial charge in [0.15, 0.2) is 0 Å². The van der Waals surface area contributed by atoms with E-state index in [1.54, 1.807) is 17.4 Å². The molecule has 0 fully saturated rings. The van der Waals surface area contributed by atoms with E-state index < -0.39 is 0 Å². The van der Waals surface area contributed by atoms with Crippen LogP contribution in [0, 0.1) is 5.82 Å². The van der Waals surface area contributed by atoms with Crippen molar-refractivity contribution in [2.45, 2.75) is 12.5 Å². The molecule has 1 atom stereocenters. The maximum absolute atomic E-state index is 13.2. The minimum atomic E-state index is -0.243. The van der Waals surface area contributed by atoms with Gasteiger partial charge in [-0.25, -0.2) is 4.39 Å². The Bertz CT molecular complexity index is 544. The zero-order valence-electron chi connectivity index (χ0n) is 9.71. The van der Waals surface area contributed by atoms with Gasteiger partial charge in [0.1, 0.15) is 5.82 Å². The molecule has 0 bridgehead atoms. The van der Waals surface area contributed by atoms with Crippen LogP contribution < -0.4 is 5.32 Å². The Kier molecular flexibility index (Phi) is 4.78. The van der Waals surface area contributed by atoms with Crippen LogP contribution in [0.15, 0.2) is 34.8 Å². The lowest BCUT2D eigenvalue weighted by molar-refractivity contribution is 0.587. The summed E-state index contributed by atoms with van der Waals surface area (Å²) < 4.78 is 14.5. The van der Waals surface area contributed by atoms with E-state index in [4.69, 9.17) is 11.6 Å². The monoisotopic (exact) mass is 347 g/mol. The lowest BCUT2D eigenvalue weighted by atomic mass is 10.0. The van der Waals surface area contributed by atoms with E-state index in [2.05, 4.69) is 21.2 Å². The fraction of sp³-hybridized carbons (Fsp3) is 0.231. The van der Waals surface area contributed by atoms with Crippen LogP contribution in [-0.2, 0) is 6.42 Å². The van der Waals surface area contributed by atoms with Crippen LogP contribution in [0.25, 0.3) is 0 Å². The third-order valence-electron chi connectivity index (χ3n) is 2.73. The van der Waals surface area contributed by atoms with Crippen molar-refractivity contribution in [3.05, 3.63) is 55.4 Å². The van der Waals surface area contributed by atoms with Crippen LogP contribution in [-0.4, -0.2) is 7.05 Å². The van der Waals surface area contributed by atoms with Crippen molar-refractivity contribution >= 4 is 38.9 Å². The van der Waals surface area contributed by atoms with Crippen molar-refractivity contribution in [1.29, 1.82) is 0 Å². The van der Waals surface area contributed by atoms with Crippen LogP contribution in [0.4, 0.5) is 4.39 Å². The molecule has 1 heterocycles. The predicted octanol–water partition coefficient (Wildman–Crippen LogP) is 4.81. The molecule has 0 spiro atoms. The van der Waals surface area contributed by atoms with Crippen molar-refractivity contribution in [3.8, 4) is 0 Å². The summed E-state index contributed by atoms with van der Waals surface area (Å²) in [6.45, 7) is 0. The third kappa shape index (κ3) is 3.32. The quantitative estimate of drug-likeness (QED) is 0.836. The van der Waals surface area contributed by atoms with Gasteiger partial charge in [-0.3, -0.25) is 0 Å². The van der Waals surface area contributed by atoms with E-state index in [1.165, 1.54) is 10.9 Å². The molecule has 1 N–H and O–H groups in total. The van der Waals surface area contributed by atoms with Gasteiger partial charge in [-0.15, -0.1) is 11.3 Å². The van der Waals surface area contributed by atoms with Gasteiger partial charge < -0.3 is 5.32 Å². The fourth-order valence-corrected chi connectivity index (χ4v) is 3.31. The number of hydrogen-bond donors (Lipinski definition) is 1. The van der Waals surface area contributed by atoms with Crippen molar-refractivity contribution in [2.75, 3.05) is 7.05 Å². The average molecular weight is 349 g/mol. The number of thiophene rings is 1. The molecule has 1 aromatic heterocycles. The third-order valence-corrected chi connectivity index (χ3v) is 4.59. The highest BCUT2D eigenvalue weighted by Gasteiger charge is 2.13. The van der Waals surface area contributed by atoms with Crippen LogP contribution in [0.5, 0.6) is 0 Å². The number of benzene rings is 1. The summed E-state index contributed by atoms with van der Waals surface area (Å²) in [5.74, 6) is -0.243. The normalized spacial score (nSPS) is 12.7. The Balaban J connectivity index is 2.19. The van der Waals surface area contributed by atoms with Crippen LogP contribution in [0.3, 0.4) is 0 Å². The molecule has 1 nitrogen and oxygen atoms in total. The van der Waals surface area contributed by atoms with Gasteiger partial charge in [-0.1, -0.05) is 17.7 Å². The van der Waals surface area contributed by atoms with Gasteiger partial charge in [0.05, 0.1) is 8.81 Å². The second-order valence-electron chi connectivity index (χ2n) is 3.92. The van der Waals surface area contributed by atoms with Crippen molar-refractivity contribution in [3.63, 3.8) is 0 Å². The molecule has 96 valence electrons. The first-order chi connectivity index (χ1) is 8.60. The van der Waals surface area contributed by atoms with Gasteiger partial charge >= 0.3 is 0 Å². The van der Waals surface area contributed by atoms with E-state index in [1.807, 2.05) is 25.2 Å². The number of halogens is 3. The summed E-state index contributed by atoms with van der Waals surface area (Å²) >= 11 is 10.7. The zero-order valence-corrected chi connectivity index (χ0v) is 12.9. The summed E-state index contributed by atoms with van der Waals surface area (Å²) in [5.41, 5.74) is 1.05. The molecule has 5 heteroatoms. The van der Waals surface area contributed by atoms with E-state index >= 15 is 0 Å². The van der Waals surface area contributed by atoms with Gasteiger partial charge in [-0.05, 0) is 52.8 Å². The van der Waals surface area contributed by atoms with E-state index in [9.17, 15) is 4.39 Å². The molecular formula is C13H12BrClFNS. The number of nitrogens with one attached hydrogen (secondary N) is 1. The highest BCUT2D eigenvalue weighted by molar-refractivity contribution is 9.10. The smallest absolute Gasteiger partial charge is 0.137 e. The number of rotatable bonds is 4. The molecular weight excluding hydrogens is 337 g/mol. The Hall–Kier alpha value is -0.420. The van der Waals surface area contributed by atoms with Crippen LogP contribution in [0.2, 0.25) is 4.34 Å². The number of likely N-dealkylation sites (N-methyl/N-ethyl adjacent to an activating group) is 1. The molecule has 0 amide bonds. The standard InChI is InChI=1S/C13H12BrClFNS/c1-17-12(7-9-3-5-13(15)18-9)8-2-4-11(16)10(14)6-8/h2-6,12,17H,7H2,1H3. The van der Waals surface area contributed by atoms with Crippen LogP contribution >= 0.6 is 38.9 Å². The van der Waals surface area contributed by atoms with Gasteiger partial charge in [0.2, 0.25) is 0 Å². The minimum absolute atomic E-state index is 0.150. The van der Waals surface area contributed by atoms with E-state index in [0.717, 1.165) is 16.3 Å². The SMILES string of the molecule is CNC(Cc1ccc(Cl)s1)c1ccc(F)c(Br)c1. The first-order valence-corrected chi connectivity index (χ1v) is 7.45. The Morgan fingerprint density at radius 1 is 1.39 bits per heavy atom. The molecule has 18 heavy (non-hydrogen) atoms. The first-order valence-electron chi connectivity index (χ1n) is 5.46. The summed E-state index contributed by atoms with van der Waals surface area (Å²) in [4.78, 5) is 1.21. The lowest BCUT2D eigenvalue weighted by Crippen LogP contribution is -2.18. The molecule has 1 unspecified atom stereocenters. The topological polar surface area (TPSA) is 12.0 Å². The molecule has 0 saturated carbocycles. The average Bonchev–Trinajstić information content (AvgIpc) is 2.75. The molecule has 0 saturated heterocycles. The molecule has 0 aliphatic heterocycles. The molecule has 0 aliphatic rings. The highest BCUT2D eigenvalue weighted by atomic mass is 79.9. The summed E-state index contributed by atoms with van der Waals surface area (Å²) in [5, 5.41) is 3.24. The second-order valence-corrected chi connectivity index (χ2v) is 6.58. The molecule has 0 aliphatic carbocycles. The Morgan fingerprint density at radius 2 is 2.17 bits per heavy atom. The zero-order chi connectivity index (χ0) is 13.1. The minimum Gasteiger partial charge on any atom is -0.313 e. The summed E-state index contributed by atoms with van der Waals surface area (Å²) in [6.07, 6.45) is 0.839. The maximum Gasteiger partial charge on any atom is 0.137 e. The second kappa shape index (κ2) is 6.15. The predicted molar refractivity (Wildman–Crippen MR) is 78.9 cm³/mol. The van der Waals surface area contributed by atoms with Crippen molar-refractivity contribution in [2.24, 2.45) is 0 Å². The molecule has 1 aromatic carbocycles. The first kappa shape index (κ1) is 14.0. The largest absolute Gasteiger partial charge is 0.313 e. The Labute approximate surface area is 123 Å². The summed E-state index contributed by atoms with van der Waals surface area (Å²) in [6, 6.07) is 9.16. The fourth-order valence-electron chi connectivity index (χ4n) is 1.78. The van der Waals surface area contributed by atoms with Gasteiger partial charge in [0, 0.05) is 17.3 Å². The van der Waals surface area contributed by atoms with E-state index in [0.29, 0.717) is 4.47 Å². The molecule has 2 aromatic rings. The lowest BCUT2D eigenvalue weighted by Gasteiger charge is -2.16. The van der Waals surface area contributed by atoms with Crippen molar-refractivity contribution < 1.29 is 4.39 Å². The highest BCUT2D eigenvalue weighted by Crippen LogP contribution is 2.28. The van der Waals surface area contributed by atoms with Gasteiger partial charge in [-0.2, -0.15) is 0 Å². The van der Waals surface area contributed by atoms with Crippen LogP contribution in [0.1, 0.15) is 16.5 Å². The van der Waals surface area contributed by atoms with Gasteiger partial charge in [0.25, 0.3) is 0 Å². The number of hydrogen-bond acceptors (Lipinski definition) is 2. The Morgan fingerprint density at radius 3 is 2.72 bits per heavy atom. The summed E-state index contributed by atoms with van der Waals surface area (Å²) in [7, 11) is 1.90. The molecule has 2 rings (SSSR count). The van der Waals surface area contributed by atoms with E-state index in [-0.39, 0.29) is 11.9 Å². The molecule has 0 radical (unpaired) electrons. The van der Waals surface area contributed by atoms with Crippen molar-refractivity contribution in [1.82, 2.24) is 5.32 Å².